The molecule has 0 fully saturated rings. The van der Waals surface area contributed by atoms with Crippen LogP contribution in [0.1, 0.15) is 41.1 Å². The number of carbonyl (C=O) groups excluding carboxylic acids is 2. The van der Waals surface area contributed by atoms with Gasteiger partial charge in [-0.3, -0.25) is 14.9 Å². The first-order valence-electron chi connectivity index (χ1n) is 14.7. The van der Waals surface area contributed by atoms with Crippen LogP contribution in [-0.4, -0.2) is 35.5 Å². The predicted molar refractivity (Wildman–Crippen MR) is 174 cm³/mol. The van der Waals surface area contributed by atoms with E-state index in [1.165, 1.54) is 11.0 Å². The molecule has 4 aromatic carbocycles. The number of benzene rings is 4. The molecule has 1 aromatic heterocycles. The van der Waals surface area contributed by atoms with Gasteiger partial charge in [-0.15, -0.1) is 0 Å². The number of rotatable bonds is 3. The number of carbonyl (C=O) groups is 2. The third-order valence-electron chi connectivity index (χ3n) is 8.25. The summed E-state index contributed by atoms with van der Waals surface area (Å²) in [7, 11) is 1.66. The molecule has 0 saturated heterocycles. The van der Waals surface area contributed by atoms with E-state index in [1.54, 1.807) is 49.6 Å². The number of H-pyrrole nitrogens is 1. The number of nitrogens with zero attached hydrogens (tertiary/aromatic N) is 1. The maximum absolute atomic E-state index is 16.0. The van der Waals surface area contributed by atoms with Gasteiger partial charge in [0, 0.05) is 48.0 Å². The van der Waals surface area contributed by atoms with Crippen molar-refractivity contribution in [1.82, 2.24) is 9.88 Å². The zero-order chi connectivity index (χ0) is 31.7. The van der Waals surface area contributed by atoms with Crippen molar-refractivity contribution < 1.29 is 18.7 Å². The third kappa shape index (κ3) is 6.15. The molecule has 45 heavy (non-hydrogen) atoms. The number of amides is 2. The van der Waals surface area contributed by atoms with Gasteiger partial charge < -0.3 is 19.9 Å². The Morgan fingerprint density at radius 2 is 1.73 bits per heavy atom. The Morgan fingerprint density at radius 1 is 0.933 bits per heavy atom. The fraction of sp³-hybridized carbons (Fsp3) is 0.194. The van der Waals surface area contributed by atoms with E-state index >= 15 is 4.39 Å². The molecule has 3 N–H and O–H groups in total. The lowest BCUT2D eigenvalue weighted by Gasteiger charge is -2.28. The van der Waals surface area contributed by atoms with E-state index in [0.717, 1.165) is 27.6 Å². The fourth-order valence-electron chi connectivity index (χ4n) is 5.88. The van der Waals surface area contributed by atoms with Crippen molar-refractivity contribution in [3.8, 4) is 11.1 Å². The minimum Gasteiger partial charge on any atom is -0.449 e. The lowest BCUT2D eigenvalue weighted by Crippen LogP contribution is -2.35. The highest BCUT2D eigenvalue weighted by Crippen LogP contribution is 2.33. The van der Waals surface area contributed by atoms with E-state index in [4.69, 9.17) is 4.74 Å². The molecule has 2 aliphatic rings. The monoisotopic (exact) mass is 604 g/mol. The van der Waals surface area contributed by atoms with Gasteiger partial charge in [-0.1, -0.05) is 55.5 Å². The standard InChI is InChI=1S/C36H33FN4O4/c1-21-15-31-32(37)18-29(21)22(2)20-45-36(44)40-26-11-12-28(23-7-5-4-6-8-23)25(16-26)19-41(3)35(43)33(31)39-27-10-9-24-13-14-38-34(42)30(24)17-27/h4-18,22,33,39H,19-20H2,1-3H3,(H,38,42)(H,40,44)/t22-,33+/m0/s1. The number of nitrogens with one attached hydrogen (secondary N) is 3. The summed E-state index contributed by atoms with van der Waals surface area (Å²) in [5.74, 6) is -1.25. The van der Waals surface area contributed by atoms with Crippen molar-refractivity contribution in [2.75, 3.05) is 24.3 Å². The molecule has 9 heteroatoms. The van der Waals surface area contributed by atoms with Crippen LogP contribution in [0.25, 0.3) is 21.9 Å². The highest BCUT2D eigenvalue weighted by Gasteiger charge is 2.29. The molecule has 8 nitrogen and oxygen atoms in total. The van der Waals surface area contributed by atoms with Crippen molar-refractivity contribution in [1.29, 1.82) is 0 Å². The minimum atomic E-state index is -1.11. The molecule has 2 atom stereocenters. The Labute approximate surface area is 259 Å². The Bertz CT molecular complexity index is 1970. The maximum atomic E-state index is 16.0. The van der Waals surface area contributed by atoms with Gasteiger partial charge in [0.2, 0.25) is 5.91 Å². The van der Waals surface area contributed by atoms with Crippen LogP contribution in [0.5, 0.6) is 0 Å². The Hall–Kier alpha value is -5.44. The van der Waals surface area contributed by atoms with Crippen LogP contribution in [0.15, 0.2) is 95.9 Å². The van der Waals surface area contributed by atoms with Crippen LogP contribution < -0.4 is 16.2 Å². The van der Waals surface area contributed by atoms with Gasteiger partial charge in [-0.05, 0) is 76.5 Å². The molecule has 4 bridgehead atoms. The Kier molecular flexibility index (Phi) is 8.08. The molecule has 0 unspecified atom stereocenters. The molecule has 3 heterocycles. The number of anilines is 2. The highest BCUT2D eigenvalue weighted by molar-refractivity contribution is 5.89. The van der Waals surface area contributed by atoms with E-state index in [-0.39, 0.29) is 36.1 Å². The predicted octanol–water partition coefficient (Wildman–Crippen LogP) is 7.12. The van der Waals surface area contributed by atoms with E-state index in [2.05, 4.69) is 15.6 Å². The van der Waals surface area contributed by atoms with Gasteiger partial charge >= 0.3 is 6.09 Å². The molecule has 228 valence electrons. The second kappa shape index (κ2) is 12.3. The normalized spacial score (nSPS) is 17.2. The van der Waals surface area contributed by atoms with Crippen LogP contribution in [-0.2, 0) is 16.1 Å². The quantitative estimate of drug-likeness (QED) is 0.204. The summed E-state index contributed by atoms with van der Waals surface area (Å²) < 4.78 is 21.5. The number of ether oxygens (including phenoxy) is 1. The van der Waals surface area contributed by atoms with Crippen LogP contribution in [0.2, 0.25) is 0 Å². The van der Waals surface area contributed by atoms with Crippen molar-refractivity contribution >= 4 is 34.1 Å². The second-order valence-electron chi connectivity index (χ2n) is 11.5. The molecule has 0 saturated carbocycles. The van der Waals surface area contributed by atoms with Crippen molar-refractivity contribution in [2.45, 2.75) is 32.4 Å². The summed E-state index contributed by atoms with van der Waals surface area (Å²) in [5, 5.41) is 7.21. The van der Waals surface area contributed by atoms with Gasteiger partial charge in [0.1, 0.15) is 11.9 Å². The minimum absolute atomic E-state index is 0.0371. The van der Waals surface area contributed by atoms with Gasteiger partial charge in [0.15, 0.2) is 0 Å². The fourth-order valence-corrected chi connectivity index (χ4v) is 5.88. The number of likely N-dealkylation sites (N-methyl/N-ethyl adjacent to an activating group) is 1. The second-order valence-corrected chi connectivity index (χ2v) is 11.5. The Morgan fingerprint density at radius 3 is 2.53 bits per heavy atom. The van der Waals surface area contributed by atoms with Crippen molar-refractivity contribution in [3.63, 3.8) is 0 Å². The molecule has 0 aliphatic carbocycles. The zero-order valence-electron chi connectivity index (χ0n) is 25.2. The summed E-state index contributed by atoms with van der Waals surface area (Å²) in [6.45, 7) is 3.90. The SMILES string of the molecule is Cc1cc2c(F)cc1[C@@H](C)COC(=O)Nc1ccc(-c3ccccc3)c(c1)CN(C)C(=O)[C@@H]2Nc1ccc2cc[nH]c(=O)c2c1. The maximum Gasteiger partial charge on any atom is 0.411 e. The third-order valence-corrected chi connectivity index (χ3v) is 8.25. The highest BCUT2D eigenvalue weighted by atomic mass is 19.1. The first-order valence-corrected chi connectivity index (χ1v) is 14.7. The molecule has 5 aromatic rings. The van der Waals surface area contributed by atoms with Crippen molar-refractivity contribution in [3.05, 3.63) is 130 Å². The Balaban J connectivity index is 1.46. The lowest BCUT2D eigenvalue weighted by atomic mass is 9.92. The van der Waals surface area contributed by atoms with Crippen LogP contribution >= 0.6 is 0 Å². The average Bonchev–Trinajstić information content (AvgIpc) is 3.03. The van der Waals surface area contributed by atoms with Crippen LogP contribution in [0.3, 0.4) is 0 Å². The molecule has 7 rings (SSSR count). The van der Waals surface area contributed by atoms with Crippen LogP contribution in [0.4, 0.5) is 20.6 Å². The van der Waals surface area contributed by atoms with Gasteiger partial charge in [0.25, 0.3) is 5.56 Å². The number of pyridine rings is 1. The van der Waals surface area contributed by atoms with Crippen molar-refractivity contribution in [2.24, 2.45) is 0 Å². The number of aromatic amines is 1. The average molecular weight is 605 g/mol. The first-order chi connectivity index (χ1) is 21.7. The number of aryl methyl sites for hydroxylation is 1. The first kappa shape index (κ1) is 29.6. The van der Waals surface area contributed by atoms with Gasteiger partial charge in [-0.2, -0.15) is 0 Å². The van der Waals surface area contributed by atoms with E-state index in [9.17, 15) is 14.4 Å². The summed E-state index contributed by atoms with van der Waals surface area (Å²) in [6.07, 6.45) is 0.957. The summed E-state index contributed by atoms with van der Waals surface area (Å²) in [4.78, 5) is 43.8. The summed E-state index contributed by atoms with van der Waals surface area (Å²) in [6, 6.07) is 24.2. The number of hydrogen-bond donors (Lipinski definition) is 3. The number of fused-ring (bicyclic) bond motifs is 10. The lowest BCUT2D eigenvalue weighted by molar-refractivity contribution is -0.131. The largest absolute Gasteiger partial charge is 0.449 e. The number of halogens is 1. The number of aromatic nitrogens is 1. The van der Waals surface area contributed by atoms with Gasteiger partial charge in [-0.25, -0.2) is 9.18 Å². The topological polar surface area (TPSA) is 104 Å². The molecule has 0 radical (unpaired) electrons. The zero-order valence-corrected chi connectivity index (χ0v) is 25.2. The summed E-state index contributed by atoms with van der Waals surface area (Å²) in [5.41, 5.74) is 4.96. The van der Waals surface area contributed by atoms with Crippen LogP contribution in [0, 0.1) is 12.7 Å². The molecule has 0 spiro atoms. The summed E-state index contributed by atoms with van der Waals surface area (Å²) >= 11 is 0. The van der Waals surface area contributed by atoms with E-state index in [0.29, 0.717) is 22.3 Å². The molecule has 2 aliphatic heterocycles. The van der Waals surface area contributed by atoms with E-state index in [1.807, 2.05) is 56.3 Å². The molecular weight excluding hydrogens is 571 g/mol. The van der Waals surface area contributed by atoms with Gasteiger partial charge in [0.05, 0.1) is 6.61 Å². The van der Waals surface area contributed by atoms with E-state index < -0.39 is 18.0 Å². The molecular formula is C36H33FN4O4. The molecule has 2 amide bonds. The smallest absolute Gasteiger partial charge is 0.411 e. The number of hydrogen-bond acceptors (Lipinski definition) is 5.